The molecule has 0 aromatic heterocycles. The van der Waals surface area contributed by atoms with Crippen LogP contribution in [0.3, 0.4) is 0 Å². The normalized spacial score (nSPS) is 10.5. The van der Waals surface area contributed by atoms with Crippen LogP contribution in [0.5, 0.6) is 0 Å². The molecule has 0 radical (unpaired) electrons. The third kappa shape index (κ3) is 2.95. The Labute approximate surface area is 82.0 Å². The quantitative estimate of drug-likeness (QED) is 0.581. The van der Waals surface area contributed by atoms with Gasteiger partial charge in [-0.3, -0.25) is 4.55 Å². The zero-order chi connectivity index (χ0) is 8.48. The van der Waals surface area contributed by atoms with Gasteiger partial charge in [0.25, 0.3) is 10.1 Å². The fourth-order valence-corrected chi connectivity index (χ4v) is 1.36. The Morgan fingerprint density at radius 2 is 1.92 bits per heavy atom. The van der Waals surface area contributed by atoms with E-state index >= 15 is 0 Å². The van der Waals surface area contributed by atoms with Crippen molar-refractivity contribution in [1.29, 1.82) is 0 Å². The molecule has 0 atom stereocenters. The molecule has 0 amide bonds. The summed E-state index contributed by atoms with van der Waals surface area (Å²) < 4.78 is 29.7. The SMILES string of the molecule is Cc1cccc(S(=O)(=O)O)c1.[Fe]. The van der Waals surface area contributed by atoms with Crippen LogP contribution < -0.4 is 0 Å². The van der Waals surface area contributed by atoms with Gasteiger partial charge >= 0.3 is 0 Å². The Bertz CT molecular complexity index is 359. The Balaban J connectivity index is 0.00000121. The van der Waals surface area contributed by atoms with E-state index in [1.807, 2.05) is 0 Å². The summed E-state index contributed by atoms with van der Waals surface area (Å²) >= 11 is 0. The standard InChI is InChI=1S/C7H8O3S.Fe/c1-6-3-2-4-7(5-6)11(8,9)10;/h2-5H,1H3,(H,8,9,10);. The van der Waals surface area contributed by atoms with E-state index in [1.54, 1.807) is 19.1 Å². The molecule has 5 heteroatoms. The van der Waals surface area contributed by atoms with E-state index in [2.05, 4.69) is 0 Å². The third-order valence-corrected chi connectivity index (χ3v) is 2.14. The summed E-state index contributed by atoms with van der Waals surface area (Å²) in [6.45, 7) is 1.76. The molecular weight excluding hydrogens is 220 g/mol. The Hall–Kier alpha value is -0.351. The van der Waals surface area contributed by atoms with E-state index in [9.17, 15) is 8.42 Å². The molecule has 0 unspecified atom stereocenters. The maximum absolute atomic E-state index is 10.5. The minimum absolute atomic E-state index is 0. The van der Waals surface area contributed by atoms with Gasteiger partial charge in [-0.05, 0) is 24.6 Å². The van der Waals surface area contributed by atoms with E-state index in [0.717, 1.165) is 5.56 Å². The van der Waals surface area contributed by atoms with Gasteiger partial charge in [0.1, 0.15) is 0 Å². The van der Waals surface area contributed by atoms with E-state index in [0.29, 0.717) is 0 Å². The van der Waals surface area contributed by atoms with Gasteiger partial charge in [0.15, 0.2) is 0 Å². The van der Waals surface area contributed by atoms with Gasteiger partial charge in [-0.15, -0.1) is 0 Å². The second-order valence-corrected chi connectivity index (χ2v) is 3.71. The maximum Gasteiger partial charge on any atom is 0.294 e. The van der Waals surface area contributed by atoms with Crippen molar-refractivity contribution in [2.24, 2.45) is 0 Å². The van der Waals surface area contributed by atoms with Crippen LogP contribution in [0.1, 0.15) is 5.56 Å². The summed E-state index contributed by atoms with van der Waals surface area (Å²) in [5.41, 5.74) is 0.806. The molecule has 0 aliphatic heterocycles. The van der Waals surface area contributed by atoms with Crippen molar-refractivity contribution in [2.75, 3.05) is 0 Å². The molecule has 3 nitrogen and oxygen atoms in total. The minimum Gasteiger partial charge on any atom is -0.282 e. The van der Waals surface area contributed by atoms with Gasteiger partial charge in [0.2, 0.25) is 0 Å². The second-order valence-electron chi connectivity index (χ2n) is 2.29. The van der Waals surface area contributed by atoms with Crippen molar-refractivity contribution in [3.8, 4) is 0 Å². The fraction of sp³-hybridized carbons (Fsp3) is 0.143. The fourth-order valence-electron chi connectivity index (χ4n) is 0.776. The van der Waals surface area contributed by atoms with Crippen molar-refractivity contribution in [2.45, 2.75) is 11.8 Å². The van der Waals surface area contributed by atoms with Crippen LogP contribution >= 0.6 is 0 Å². The van der Waals surface area contributed by atoms with E-state index in [-0.39, 0.29) is 22.0 Å². The first-order valence-corrected chi connectivity index (χ1v) is 4.48. The molecule has 1 N–H and O–H groups in total. The van der Waals surface area contributed by atoms with Crippen molar-refractivity contribution >= 4 is 10.1 Å². The van der Waals surface area contributed by atoms with Crippen molar-refractivity contribution < 1.29 is 30.0 Å². The van der Waals surface area contributed by atoms with Gasteiger partial charge in [0.05, 0.1) is 4.90 Å². The van der Waals surface area contributed by atoms with Crippen molar-refractivity contribution in [3.05, 3.63) is 29.8 Å². The summed E-state index contributed by atoms with van der Waals surface area (Å²) in [5, 5.41) is 0. The molecule has 0 heterocycles. The molecule has 0 aliphatic rings. The molecule has 0 fully saturated rings. The van der Waals surface area contributed by atoms with Crippen LogP contribution in [0.2, 0.25) is 0 Å². The largest absolute Gasteiger partial charge is 0.294 e. The molecule has 0 spiro atoms. The zero-order valence-electron chi connectivity index (χ0n) is 6.33. The molecule has 1 rings (SSSR count). The predicted molar refractivity (Wildman–Crippen MR) is 41.0 cm³/mol. The molecule has 0 saturated heterocycles. The van der Waals surface area contributed by atoms with Gasteiger partial charge in [-0.25, -0.2) is 0 Å². The van der Waals surface area contributed by atoms with E-state index in [4.69, 9.17) is 4.55 Å². The van der Waals surface area contributed by atoms with Gasteiger partial charge in [-0.1, -0.05) is 12.1 Å². The molecule has 0 aliphatic carbocycles. The first-order chi connectivity index (χ1) is 5.00. The van der Waals surface area contributed by atoms with Gasteiger partial charge in [-0.2, -0.15) is 8.42 Å². The number of hydrogen-bond donors (Lipinski definition) is 1. The van der Waals surface area contributed by atoms with Crippen molar-refractivity contribution in [3.63, 3.8) is 0 Å². The monoisotopic (exact) mass is 228 g/mol. The van der Waals surface area contributed by atoms with Crippen LogP contribution in [-0.2, 0) is 27.2 Å². The Morgan fingerprint density at radius 1 is 1.33 bits per heavy atom. The van der Waals surface area contributed by atoms with Gasteiger partial charge < -0.3 is 0 Å². The molecular formula is C7H8FeO3S. The number of hydrogen-bond acceptors (Lipinski definition) is 2. The molecule has 0 bridgehead atoms. The van der Waals surface area contributed by atoms with Crippen molar-refractivity contribution in [1.82, 2.24) is 0 Å². The first kappa shape index (κ1) is 11.6. The second kappa shape index (κ2) is 4.05. The first-order valence-electron chi connectivity index (χ1n) is 3.04. The topological polar surface area (TPSA) is 54.4 Å². The molecule has 12 heavy (non-hydrogen) atoms. The molecule has 1 aromatic rings. The van der Waals surface area contributed by atoms with Crippen LogP contribution in [0, 0.1) is 6.92 Å². The predicted octanol–water partition coefficient (Wildman–Crippen LogP) is 1.24. The number of aryl methyl sites for hydroxylation is 1. The zero-order valence-corrected chi connectivity index (χ0v) is 8.26. The number of rotatable bonds is 1. The Kier molecular flexibility index (Phi) is 3.93. The van der Waals surface area contributed by atoms with Gasteiger partial charge in [0, 0.05) is 17.1 Å². The molecule has 1 aromatic carbocycles. The summed E-state index contributed by atoms with van der Waals surface area (Å²) in [7, 11) is -4.03. The summed E-state index contributed by atoms with van der Waals surface area (Å²) in [6, 6.07) is 6.10. The Morgan fingerprint density at radius 3 is 2.25 bits per heavy atom. The molecule has 0 saturated carbocycles. The molecule has 68 valence electrons. The average molecular weight is 228 g/mol. The van der Waals surface area contributed by atoms with E-state index in [1.165, 1.54) is 12.1 Å². The van der Waals surface area contributed by atoms with Crippen LogP contribution in [0.25, 0.3) is 0 Å². The van der Waals surface area contributed by atoms with Crippen LogP contribution in [0.4, 0.5) is 0 Å². The van der Waals surface area contributed by atoms with Crippen LogP contribution in [-0.4, -0.2) is 13.0 Å². The third-order valence-electron chi connectivity index (χ3n) is 1.29. The summed E-state index contributed by atoms with van der Waals surface area (Å²) in [6.07, 6.45) is 0. The maximum atomic E-state index is 10.5. The smallest absolute Gasteiger partial charge is 0.282 e. The average Bonchev–Trinajstić information content (AvgIpc) is 1.86. The summed E-state index contributed by atoms with van der Waals surface area (Å²) in [4.78, 5) is -0.0579. The van der Waals surface area contributed by atoms with Crippen LogP contribution in [0.15, 0.2) is 29.2 Å². The summed E-state index contributed by atoms with van der Waals surface area (Å²) in [5.74, 6) is 0. The number of benzene rings is 1. The minimum atomic E-state index is -4.03. The van der Waals surface area contributed by atoms with E-state index < -0.39 is 10.1 Å².